The Bertz CT molecular complexity index is 558. The van der Waals surface area contributed by atoms with Gasteiger partial charge in [-0.2, -0.15) is 0 Å². The highest BCUT2D eigenvalue weighted by Crippen LogP contribution is 2.24. The lowest BCUT2D eigenvalue weighted by atomic mass is 10.1. The maximum Gasteiger partial charge on any atom is 0.165 e. The molecular weight excluding hydrogens is 243 g/mol. The Morgan fingerprint density at radius 1 is 1.32 bits per heavy atom. The molecule has 19 heavy (non-hydrogen) atoms. The zero-order valence-corrected chi connectivity index (χ0v) is 10.9. The molecule has 0 aliphatic rings. The molecule has 0 amide bonds. The lowest BCUT2D eigenvalue weighted by Gasteiger charge is -2.12. The Balaban J connectivity index is 2.14. The summed E-state index contributed by atoms with van der Waals surface area (Å²) in [7, 11) is 0. The summed E-state index contributed by atoms with van der Waals surface area (Å²) in [5.74, 6) is -0.0685. The van der Waals surface area contributed by atoms with Gasteiger partial charge in [0, 0.05) is 18.0 Å². The van der Waals surface area contributed by atoms with Crippen LogP contribution in [0.4, 0.5) is 4.39 Å². The number of nitrogens with two attached hydrogens (primary N) is 1. The molecule has 0 aliphatic heterocycles. The van der Waals surface area contributed by atoms with Gasteiger partial charge in [0.25, 0.3) is 0 Å². The number of nitrogens with zero attached hydrogens (tertiary/aromatic N) is 1. The van der Waals surface area contributed by atoms with E-state index in [1.807, 2.05) is 19.1 Å². The predicted molar refractivity (Wildman–Crippen MR) is 72.5 cm³/mol. The molecule has 0 saturated heterocycles. The molecule has 1 heterocycles. The first-order valence-electron chi connectivity index (χ1n) is 6.21. The highest BCUT2D eigenvalue weighted by Gasteiger charge is 2.09. The Kier molecular flexibility index (Phi) is 4.47. The molecule has 0 unspecified atom stereocenters. The third-order valence-electron chi connectivity index (χ3n) is 2.78. The van der Waals surface area contributed by atoms with Crippen LogP contribution in [0.3, 0.4) is 0 Å². The zero-order valence-electron chi connectivity index (χ0n) is 10.9. The fourth-order valence-corrected chi connectivity index (χ4v) is 1.92. The number of halogens is 1. The lowest BCUT2D eigenvalue weighted by molar-refractivity contribution is 0.286. The van der Waals surface area contributed by atoms with Gasteiger partial charge in [-0.15, -0.1) is 0 Å². The van der Waals surface area contributed by atoms with Crippen molar-refractivity contribution in [1.82, 2.24) is 4.98 Å². The SMILES string of the molecule is Cc1cncc(COc2c(F)cccc2CCN)c1. The summed E-state index contributed by atoms with van der Waals surface area (Å²) in [4.78, 5) is 4.08. The van der Waals surface area contributed by atoms with Crippen molar-refractivity contribution in [1.29, 1.82) is 0 Å². The minimum Gasteiger partial charge on any atom is -0.485 e. The molecule has 0 radical (unpaired) electrons. The minimum atomic E-state index is -0.355. The maximum atomic E-state index is 13.8. The van der Waals surface area contributed by atoms with Gasteiger partial charge in [-0.05, 0) is 43.1 Å². The lowest BCUT2D eigenvalue weighted by Crippen LogP contribution is -2.07. The van der Waals surface area contributed by atoms with Gasteiger partial charge in [0.05, 0.1) is 0 Å². The summed E-state index contributed by atoms with van der Waals surface area (Å²) in [5.41, 5.74) is 8.28. The van der Waals surface area contributed by atoms with E-state index in [1.165, 1.54) is 6.07 Å². The number of benzene rings is 1. The molecule has 0 atom stereocenters. The largest absolute Gasteiger partial charge is 0.485 e. The average molecular weight is 260 g/mol. The first-order valence-corrected chi connectivity index (χ1v) is 6.21. The third-order valence-corrected chi connectivity index (χ3v) is 2.78. The standard InChI is InChI=1S/C15H17FN2O/c1-11-7-12(9-18-8-11)10-19-15-13(5-6-17)3-2-4-14(15)16/h2-4,7-9H,5-6,10,17H2,1H3. The fourth-order valence-electron chi connectivity index (χ4n) is 1.92. The maximum absolute atomic E-state index is 13.8. The molecule has 2 N–H and O–H groups in total. The van der Waals surface area contributed by atoms with Crippen LogP contribution in [0, 0.1) is 12.7 Å². The van der Waals surface area contributed by atoms with Crippen LogP contribution >= 0.6 is 0 Å². The number of para-hydroxylation sites is 1. The van der Waals surface area contributed by atoms with E-state index >= 15 is 0 Å². The van der Waals surface area contributed by atoms with Gasteiger partial charge in [0.2, 0.25) is 0 Å². The van der Waals surface area contributed by atoms with Crippen molar-refractivity contribution in [3.63, 3.8) is 0 Å². The van der Waals surface area contributed by atoms with Crippen LogP contribution in [-0.4, -0.2) is 11.5 Å². The van der Waals surface area contributed by atoms with E-state index < -0.39 is 0 Å². The quantitative estimate of drug-likeness (QED) is 0.899. The van der Waals surface area contributed by atoms with Crippen molar-refractivity contribution in [2.75, 3.05) is 6.54 Å². The summed E-state index contributed by atoms with van der Waals surface area (Å²) in [6.45, 7) is 2.72. The molecule has 0 bridgehead atoms. The second-order valence-electron chi connectivity index (χ2n) is 4.43. The molecule has 2 rings (SSSR count). The van der Waals surface area contributed by atoms with E-state index in [4.69, 9.17) is 10.5 Å². The highest BCUT2D eigenvalue weighted by molar-refractivity contribution is 5.35. The Labute approximate surface area is 112 Å². The molecule has 100 valence electrons. The third kappa shape index (κ3) is 3.51. The Hall–Kier alpha value is -1.94. The Morgan fingerprint density at radius 2 is 2.16 bits per heavy atom. The fraction of sp³-hybridized carbons (Fsp3) is 0.267. The molecule has 2 aromatic rings. The van der Waals surface area contributed by atoms with Gasteiger partial charge in [-0.3, -0.25) is 4.98 Å². The monoisotopic (exact) mass is 260 g/mol. The number of pyridine rings is 1. The summed E-state index contributed by atoms with van der Waals surface area (Å²) in [5, 5.41) is 0. The summed E-state index contributed by atoms with van der Waals surface area (Å²) in [6, 6.07) is 6.86. The van der Waals surface area contributed by atoms with Gasteiger partial charge in [0.1, 0.15) is 6.61 Å². The molecular formula is C15H17FN2O. The van der Waals surface area contributed by atoms with Gasteiger partial charge >= 0.3 is 0 Å². The number of aryl methyl sites for hydroxylation is 1. The second-order valence-corrected chi connectivity index (χ2v) is 4.43. The molecule has 1 aromatic heterocycles. The van der Waals surface area contributed by atoms with Crippen molar-refractivity contribution in [2.45, 2.75) is 20.0 Å². The van der Waals surface area contributed by atoms with Crippen LogP contribution in [0.15, 0.2) is 36.7 Å². The second kappa shape index (κ2) is 6.29. The van der Waals surface area contributed by atoms with E-state index in [0.717, 1.165) is 16.7 Å². The van der Waals surface area contributed by atoms with Crippen LogP contribution < -0.4 is 10.5 Å². The smallest absolute Gasteiger partial charge is 0.165 e. The molecule has 1 aromatic carbocycles. The average Bonchev–Trinajstić information content (AvgIpc) is 2.38. The minimum absolute atomic E-state index is 0.287. The van der Waals surface area contributed by atoms with E-state index in [1.54, 1.807) is 18.5 Å². The summed E-state index contributed by atoms with van der Waals surface area (Å²) >= 11 is 0. The van der Waals surface area contributed by atoms with Crippen LogP contribution in [-0.2, 0) is 13.0 Å². The highest BCUT2D eigenvalue weighted by atomic mass is 19.1. The number of aromatic nitrogens is 1. The van der Waals surface area contributed by atoms with Crippen LogP contribution in [0.2, 0.25) is 0 Å². The molecule has 0 spiro atoms. The molecule has 0 fully saturated rings. The first kappa shape index (κ1) is 13.5. The topological polar surface area (TPSA) is 48.1 Å². The molecule has 3 nitrogen and oxygen atoms in total. The molecule has 4 heteroatoms. The summed E-state index contributed by atoms with van der Waals surface area (Å²) in [6.07, 6.45) is 4.09. The Morgan fingerprint density at radius 3 is 2.89 bits per heavy atom. The van der Waals surface area contributed by atoms with Crippen molar-refractivity contribution in [3.8, 4) is 5.75 Å². The van der Waals surface area contributed by atoms with Gasteiger partial charge in [-0.25, -0.2) is 4.39 Å². The zero-order chi connectivity index (χ0) is 13.7. The van der Waals surface area contributed by atoms with Crippen molar-refractivity contribution < 1.29 is 9.13 Å². The molecule has 0 aliphatic carbocycles. The molecule has 0 saturated carbocycles. The van der Waals surface area contributed by atoms with Gasteiger partial charge in [0.15, 0.2) is 11.6 Å². The van der Waals surface area contributed by atoms with E-state index in [2.05, 4.69) is 4.98 Å². The van der Waals surface area contributed by atoms with Gasteiger partial charge in [-0.1, -0.05) is 12.1 Å². The first-order chi connectivity index (χ1) is 9.20. The van der Waals surface area contributed by atoms with E-state index in [-0.39, 0.29) is 11.6 Å². The van der Waals surface area contributed by atoms with Gasteiger partial charge < -0.3 is 10.5 Å². The number of hydrogen-bond donors (Lipinski definition) is 1. The van der Waals surface area contributed by atoms with Crippen LogP contribution in [0.5, 0.6) is 5.75 Å². The van der Waals surface area contributed by atoms with E-state index in [0.29, 0.717) is 19.6 Å². The van der Waals surface area contributed by atoms with Crippen LogP contribution in [0.25, 0.3) is 0 Å². The number of ether oxygens (including phenoxy) is 1. The van der Waals surface area contributed by atoms with E-state index in [9.17, 15) is 4.39 Å². The predicted octanol–water partition coefficient (Wildman–Crippen LogP) is 2.61. The van der Waals surface area contributed by atoms with Crippen LogP contribution in [0.1, 0.15) is 16.7 Å². The number of hydrogen-bond acceptors (Lipinski definition) is 3. The number of rotatable bonds is 5. The summed E-state index contributed by atoms with van der Waals surface area (Å²) < 4.78 is 19.4. The van der Waals surface area contributed by atoms with Crippen molar-refractivity contribution >= 4 is 0 Å². The normalized spacial score (nSPS) is 10.5. The van der Waals surface area contributed by atoms with Crippen molar-refractivity contribution in [3.05, 3.63) is 59.2 Å². The van der Waals surface area contributed by atoms with Crippen molar-refractivity contribution in [2.24, 2.45) is 5.73 Å².